The first-order valence-electron chi connectivity index (χ1n) is 9.19. The Bertz CT molecular complexity index is 1110. The van der Waals surface area contributed by atoms with Crippen molar-refractivity contribution >= 4 is 5.91 Å². The number of rotatable bonds is 2. The molecular formula is C20H17F4N5O. The summed E-state index contributed by atoms with van der Waals surface area (Å²) in [5, 5.41) is 6.79. The first-order valence-corrected chi connectivity index (χ1v) is 9.19. The quantitative estimate of drug-likeness (QED) is 0.639. The first kappa shape index (κ1) is 20.0. The van der Waals surface area contributed by atoms with Gasteiger partial charge in [-0.15, -0.1) is 0 Å². The van der Waals surface area contributed by atoms with Crippen LogP contribution in [0.5, 0.6) is 0 Å². The zero-order valence-electron chi connectivity index (χ0n) is 16.1. The number of alkyl halides is 3. The third-order valence-corrected chi connectivity index (χ3v) is 5.11. The third kappa shape index (κ3) is 3.42. The molecule has 3 aromatic rings. The molecular weight excluding hydrogens is 402 g/mol. The molecule has 1 aliphatic heterocycles. The second-order valence-corrected chi connectivity index (χ2v) is 7.17. The predicted molar refractivity (Wildman–Crippen MR) is 98.8 cm³/mol. The van der Waals surface area contributed by atoms with E-state index in [2.05, 4.69) is 20.2 Å². The van der Waals surface area contributed by atoms with Crippen LogP contribution in [0.15, 0.2) is 30.5 Å². The van der Waals surface area contributed by atoms with Crippen molar-refractivity contribution in [2.24, 2.45) is 0 Å². The Labute approximate surface area is 169 Å². The topological polar surface area (TPSA) is 74.8 Å². The number of carbonyl (C=O) groups is 1. The highest BCUT2D eigenvalue weighted by Crippen LogP contribution is 2.34. The number of benzene rings is 1. The van der Waals surface area contributed by atoms with Gasteiger partial charge in [0.1, 0.15) is 11.6 Å². The lowest BCUT2D eigenvalue weighted by Gasteiger charge is -2.35. The van der Waals surface area contributed by atoms with Gasteiger partial charge in [-0.2, -0.15) is 18.3 Å². The SMILES string of the molecule is Cc1nc2c(c(-c3ccn[nH]3)n1)C[C@@H](C)N(C(=O)c1cccc(C(F)(F)F)c1F)C2. The van der Waals surface area contributed by atoms with Gasteiger partial charge in [-0.25, -0.2) is 14.4 Å². The minimum atomic E-state index is -4.89. The lowest BCUT2D eigenvalue weighted by atomic mass is 9.94. The second-order valence-electron chi connectivity index (χ2n) is 7.17. The van der Waals surface area contributed by atoms with Gasteiger partial charge in [0.05, 0.1) is 34.8 Å². The number of amides is 1. The molecule has 6 nitrogen and oxygen atoms in total. The van der Waals surface area contributed by atoms with Crippen molar-refractivity contribution in [1.29, 1.82) is 0 Å². The van der Waals surface area contributed by atoms with Crippen LogP contribution in [-0.4, -0.2) is 37.0 Å². The van der Waals surface area contributed by atoms with E-state index in [9.17, 15) is 22.4 Å². The minimum Gasteiger partial charge on any atom is -0.330 e. The molecule has 0 saturated carbocycles. The van der Waals surface area contributed by atoms with Gasteiger partial charge in [-0.05, 0) is 38.5 Å². The Kier molecular flexibility index (Phi) is 4.79. The molecule has 1 amide bonds. The van der Waals surface area contributed by atoms with E-state index in [-0.39, 0.29) is 6.54 Å². The summed E-state index contributed by atoms with van der Waals surface area (Å²) < 4.78 is 53.6. The van der Waals surface area contributed by atoms with Crippen molar-refractivity contribution in [3.63, 3.8) is 0 Å². The molecule has 0 saturated heterocycles. The van der Waals surface area contributed by atoms with E-state index in [4.69, 9.17) is 0 Å². The molecule has 0 spiro atoms. The van der Waals surface area contributed by atoms with Crippen LogP contribution in [0.3, 0.4) is 0 Å². The molecule has 156 valence electrons. The number of hydrogen-bond donors (Lipinski definition) is 1. The third-order valence-electron chi connectivity index (χ3n) is 5.11. The van der Waals surface area contributed by atoms with Crippen molar-refractivity contribution < 1.29 is 22.4 Å². The van der Waals surface area contributed by atoms with Crippen molar-refractivity contribution in [3.05, 3.63) is 64.5 Å². The molecule has 1 aromatic carbocycles. The zero-order chi connectivity index (χ0) is 21.6. The number of carbonyl (C=O) groups excluding carboxylic acids is 1. The fraction of sp³-hybridized carbons (Fsp3) is 0.300. The molecule has 0 bridgehead atoms. The van der Waals surface area contributed by atoms with E-state index >= 15 is 0 Å². The highest BCUT2D eigenvalue weighted by molar-refractivity contribution is 5.95. The van der Waals surface area contributed by atoms with Crippen molar-refractivity contribution in [3.8, 4) is 11.4 Å². The van der Waals surface area contributed by atoms with Crippen LogP contribution in [-0.2, 0) is 19.1 Å². The first-order chi connectivity index (χ1) is 14.2. The highest BCUT2D eigenvalue weighted by Gasteiger charge is 2.38. The summed E-state index contributed by atoms with van der Waals surface area (Å²) in [4.78, 5) is 23.2. The smallest absolute Gasteiger partial charge is 0.330 e. The molecule has 1 N–H and O–H groups in total. The van der Waals surface area contributed by atoms with Crippen LogP contribution in [0.4, 0.5) is 17.6 Å². The number of fused-ring (bicyclic) bond motifs is 1. The summed E-state index contributed by atoms with van der Waals surface area (Å²) in [6, 6.07) is 4.09. The Morgan fingerprint density at radius 2 is 2.00 bits per heavy atom. The van der Waals surface area contributed by atoms with Crippen LogP contribution >= 0.6 is 0 Å². The highest BCUT2D eigenvalue weighted by atomic mass is 19.4. The van der Waals surface area contributed by atoms with Crippen molar-refractivity contribution in [2.45, 2.75) is 39.0 Å². The van der Waals surface area contributed by atoms with Crippen LogP contribution in [0.2, 0.25) is 0 Å². The molecule has 0 aliphatic carbocycles. The summed E-state index contributed by atoms with van der Waals surface area (Å²) in [7, 11) is 0. The van der Waals surface area contributed by atoms with Crippen LogP contribution in [0.1, 0.15) is 39.9 Å². The van der Waals surface area contributed by atoms with Crippen LogP contribution in [0.25, 0.3) is 11.4 Å². The number of hydrogen-bond acceptors (Lipinski definition) is 4. The molecule has 10 heteroatoms. The lowest BCUT2D eigenvalue weighted by Crippen LogP contribution is -2.43. The number of aromatic amines is 1. The number of nitrogens with one attached hydrogen (secondary N) is 1. The van der Waals surface area contributed by atoms with Gasteiger partial charge in [0.15, 0.2) is 0 Å². The Morgan fingerprint density at radius 1 is 1.23 bits per heavy atom. The molecule has 30 heavy (non-hydrogen) atoms. The van der Waals surface area contributed by atoms with E-state index in [0.717, 1.165) is 17.7 Å². The second kappa shape index (κ2) is 7.19. The van der Waals surface area contributed by atoms with Gasteiger partial charge in [0, 0.05) is 17.8 Å². The Balaban J connectivity index is 1.72. The molecule has 0 unspecified atom stereocenters. The zero-order valence-corrected chi connectivity index (χ0v) is 16.1. The summed E-state index contributed by atoms with van der Waals surface area (Å²) >= 11 is 0. The summed E-state index contributed by atoms with van der Waals surface area (Å²) in [6.07, 6.45) is -2.92. The van der Waals surface area contributed by atoms with Crippen molar-refractivity contribution in [1.82, 2.24) is 25.1 Å². The number of halogens is 4. The lowest BCUT2D eigenvalue weighted by molar-refractivity contribution is -0.140. The maximum Gasteiger partial charge on any atom is 0.419 e. The summed E-state index contributed by atoms with van der Waals surface area (Å²) in [5.41, 5.74) is 0.696. The van der Waals surface area contributed by atoms with Crippen LogP contribution < -0.4 is 0 Å². The largest absolute Gasteiger partial charge is 0.419 e. The molecule has 1 atom stereocenters. The Morgan fingerprint density at radius 3 is 2.67 bits per heavy atom. The van der Waals surface area contributed by atoms with E-state index < -0.39 is 35.1 Å². The molecule has 0 radical (unpaired) electrons. The predicted octanol–water partition coefficient (Wildman–Crippen LogP) is 3.92. The summed E-state index contributed by atoms with van der Waals surface area (Å²) in [6.45, 7) is 3.50. The van der Waals surface area contributed by atoms with Gasteiger partial charge in [0.2, 0.25) is 0 Å². The number of aromatic nitrogens is 4. The van der Waals surface area contributed by atoms with Gasteiger partial charge in [-0.3, -0.25) is 9.89 Å². The monoisotopic (exact) mass is 419 g/mol. The summed E-state index contributed by atoms with van der Waals surface area (Å²) in [5.74, 6) is -1.90. The molecule has 4 rings (SSSR count). The number of H-pyrrole nitrogens is 1. The van der Waals surface area contributed by atoms with Gasteiger partial charge < -0.3 is 4.90 Å². The van der Waals surface area contributed by atoms with Gasteiger partial charge in [0.25, 0.3) is 5.91 Å². The van der Waals surface area contributed by atoms with E-state index in [0.29, 0.717) is 35.4 Å². The molecule has 1 aliphatic rings. The number of nitrogens with zero attached hydrogens (tertiary/aromatic N) is 4. The number of aryl methyl sites for hydroxylation is 1. The average molecular weight is 419 g/mol. The van der Waals surface area contributed by atoms with E-state index in [1.165, 1.54) is 4.90 Å². The normalized spacial score (nSPS) is 16.5. The molecule has 0 fully saturated rings. The minimum absolute atomic E-state index is 0.0372. The average Bonchev–Trinajstić information content (AvgIpc) is 3.20. The standard InChI is InChI=1S/C20H17F4N5O/c1-10-8-13-16(26-11(2)27-18(13)15-6-7-25-28-15)9-29(10)19(30)12-4-3-5-14(17(12)21)20(22,23)24/h3-7,10H,8-9H2,1-2H3,(H,25,28)/t10-/m1/s1. The van der Waals surface area contributed by atoms with Gasteiger partial charge in [-0.1, -0.05) is 6.07 Å². The maximum atomic E-state index is 14.5. The fourth-order valence-electron chi connectivity index (χ4n) is 3.68. The van der Waals surface area contributed by atoms with E-state index in [1.807, 2.05) is 0 Å². The van der Waals surface area contributed by atoms with Crippen molar-refractivity contribution in [2.75, 3.05) is 0 Å². The molecule has 2 aromatic heterocycles. The van der Waals surface area contributed by atoms with Gasteiger partial charge >= 0.3 is 6.18 Å². The molecule has 3 heterocycles. The maximum absolute atomic E-state index is 14.5. The van der Waals surface area contributed by atoms with E-state index in [1.54, 1.807) is 26.1 Å². The van der Waals surface area contributed by atoms with Crippen LogP contribution in [0, 0.1) is 12.7 Å². The fourth-order valence-corrected chi connectivity index (χ4v) is 3.68. The Hall–Kier alpha value is -3.30.